The van der Waals surface area contributed by atoms with E-state index in [0.717, 1.165) is 35.3 Å². The van der Waals surface area contributed by atoms with Gasteiger partial charge in [0.1, 0.15) is 17.8 Å². The number of aromatic amines is 1. The average Bonchev–Trinajstić information content (AvgIpc) is 3.03. The summed E-state index contributed by atoms with van der Waals surface area (Å²) in [5, 5.41) is 10.9. The van der Waals surface area contributed by atoms with E-state index in [2.05, 4.69) is 40.6 Å². The minimum atomic E-state index is -0.803. The minimum Gasteiger partial charge on any atom is -0.465 e. The number of hydrogen-bond donors (Lipinski definition) is 2. The van der Waals surface area contributed by atoms with Gasteiger partial charge in [-0.3, -0.25) is 4.90 Å². The van der Waals surface area contributed by atoms with E-state index in [9.17, 15) is 9.90 Å². The van der Waals surface area contributed by atoms with Gasteiger partial charge < -0.3 is 15.0 Å². The van der Waals surface area contributed by atoms with Gasteiger partial charge in [-0.25, -0.2) is 14.8 Å². The van der Waals surface area contributed by atoms with E-state index in [1.54, 1.807) is 11.2 Å². The molecule has 0 aliphatic carbocycles. The molecule has 0 aromatic carbocycles. The molecular weight excluding hydrogens is 318 g/mol. The molecule has 134 valence electrons. The number of aromatic nitrogens is 3. The molecule has 0 spiro atoms. The second-order valence-electron chi connectivity index (χ2n) is 8.40. The van der Waals surface area contributed by atoms with Crippen molar-refractivity contribution in [2.45, 2.75) is 52.1 Å². The highest BCUT2D eigenvalue weighted by Gasteiger charge is 2.59. The molecule has 2 aliphatic heterocycles. The third-order valence-electron chi connectivity index (χ3n) is 6.15. The Morgan fingerprint density at radius 1 is 1.40 bits per heavy atom. The molecule has 2 aromatic heterocycles. The van der Waals surface area contributed by atoms with Crippen LogP contribution in [0.1, 0.15) is 39.2 Å². The molecule has 0 radical (unpaired) electrons. The van der Waals surface area contributed by atoms with Crippen LogP contribution in [0.4, 0.5) is 10.6 Å². The molecule has 0 saturated carbocycles. The lowest BCUT2D eigenvalue weighted by Crippen LogP contribution is -2.68. The van der Waals surface area contributed by atoms with E-state index in [1.807, 2.05) is 13.1 Å². The highest BCUT2D eigenvalue weighted by atomic mass is 16.4. The maximum atomic E-state index is 12.0. The topological polar surface area (TPSA) is 85.4 Å². The van der Waals surface area contributed by atoms with Gasteiger partial charge in [-0.2, -0.15) is 0 Å². The van der Waals surface area contributed by atoms with Gasteiger partial charge in [-0.1, -0.05) is 20.8 Å². The summed E-state index contributed by atoms with van der Waals surface area (Å²) < 4.78 is 0. The molecule has 2 N–H and O–H groups in total. The predicted octanol–water partition coefficient (Wildman–Crippen LogP) is 3.01. The van der Waals surface area contributed by atoms with Gasteiger partial charge in [0.2, 0.25) is 0 Å². The second kappa shape index (κ2) is 5.09. The number of aryl methyl sites for hydroxylation is 1. The lowest BCUT2D eigenvalue weighted by atomic mass is 9.71. The molecule has 1 amide bonds. The summed E-state index contributed by atoms with van der Waals surface area (Å²) in [5.74, 6) is 0.911. The first kappa shape index (κ1) is 16.2. The van der Waals surface area contributed by atoms with Crippen LogP contribution in [0.5, 0.6) is 0 Å². The van der Waals surface area contributed by atoms with Gasteiger partial charge in [-0.15, -0.1) is 0 Å². The zero-order valence-corrected chi connectivity index (χ0v) is 15.2. The maximum Gasteiger partial charge on any atom is 0.408 e. The Bertz CT molecular complexity index is 840. The van der Waals surface area contributed by atoms with Crippen molar-refractivity contribution in [2.24, 2.45) is 5.41 Å². The first-order valence-corrected chi connectivity index (χ1v) is 8.80. The Kier molecular flexibility index (Phi) is 3.30. The van der Waals surface area contributed by atoms with Crippen LogP contribution in [-0.4, -0.2) is 55.7 Å². The number of H-pyrrole nitrogens is 1. The molecule has 2 aliphatic rings. The largest absolute Gasteiger partial charge is 0.465 e. The summed E-state index contributed by atoms with van der Waals surface area (Å²) in [5.41, 5.74) is 1.39. The van der Waals surface area contributed by atoms with Gasteiger partial charge in [0, 0.05) is 19.3 Å². The summed E-state index contributed by atoms with van der Waals surface area (Å²) in [4.78, 5) is 28.1. The van der Waals surface area contributed by atoms with Gasteiger partial charge >= 0.3 is 6.09 Å². The highest BCUT2D eigenvalue weighted by molar-refractivity contribution is 5.90. The van der Waals surface area contributed by atoms with Gasteiger partial charge in [0.25, 0.3) is 0 Å². The number of piperazine rings is 1. The van der Waals surface area contributed by atoms with Crippen LogP contribution in [0.15, 0.2) is 12.5 Å². The van der Waals surface area contributed by atoms with E-state index >= 15 is 0 Å². The van der Waals surface area contributed by atoms with Crippen LogP contribution < -0.4 is 4.90 Å². The Morgan fingerprint density at radius 2 is 2.16 bits per heavy atom. The zero-order valence-electron chi connectivity index (χ0n) is 15.2. The van der Waals surface area contributed by atoms with Crippen molar-refractivity contribution in [3.63, 3.8) is 0 Å². The number of amides is 1. The molecule has 2 bridgehead atoms. The predicted molar refractivity (Wildman–Crippen MR) is 95.9 cm³/mol. The summed E-state index contributed by atoms with van der Waals surface area (Å²) >= 11 is 0. The maximum absolute atomic E-state index is 12.0. The van der Waals surface area contributed by atoms with Crippen molar-refractivity contribution in [1.82, 2.24) is 19.9 Å². The fourth-order valence-corrected chi connectivity index (χ4v) is 4.78. The standard InChI is InChI=1S/C18H25N5O2/c1-11-7-19-14-13(11)15(21-10-20-14)22-8-12-5-6-18(9-22,17(2,3)4)23(12)16(24)25/h7,10,12H,5-6,8-9H2,1-4H3,(H,24,25)(H,19,20,21). The lowest BCUT2D eigenvalue weighted by molar-refractivity contribution is 0.00532. The Hall–Kier alpha value is -2.31. The highest BCUT2D eigenvalue weighted by Crippen LogP contribution is 2.50. The lowest BCUT2D eigenvalue weighted by Gasteiger charge is -2.54. The Morgan fingerprint density at radius 3 is 2.84 bits per heavy atom. The molecule has 25 heavy (non-hydrogen) atoms. The number of carboxylic acid groups (broad SMARTS) is 1. The third kappa shape index (κ3) is 2.14. The molecule has 7 nitrogen and oxygen atoms in total. The quantitative estimate of drug-likeness (QED) is 0.831. The van der Waals surface area contributed by atoms with Crippen LogP contribution in [0.25, 0.3) is 11.0 Å². The molecule has 2 saturated heterocycles. The van der Waals surface area contributed by atoms with Crippen molar-refractivity contribution in [3.8, 4) is 0 Å². The first-order chi connectivity index (χ1) is 11.7. The number of rotatable bonds is 1. The van der Waals surface area contributed by atoms with Gasteiger partial charge in [-0.05, 0) is 30.7 Å². The minimum absolute atomic E-state index is 0.00902. The summed E-state index contributed by atoms with van der Waals surface area (Å²) in [6.45, 7) is 9.83. The molecule has 7 heteroatoms. The van der Waals surface area contributed by atoms with Gasteiger partial charge in [0.15, 0.2) is 0 Å². The summed E-state index contributed by atoms with van der Waals surface area (Å²) in [7, 11) is 0. The first-order valence-electron chi connectivity index (χ1n) is 8.80. The number of nitrogens with one attached hydrogen (secondary N) is 1. The number of fused-ring (bicyclic) bond motifs is 3. The molecule has 2 unspecified atom stereocenters. The molecule has 4 rings (SSSR count). The molecule has 2 aromatic rings. The van der Waals surface area contributed by atoms with Crippen molar-refractivity contribution >= 4 is 22.9 Å². The van der Waals surface area contributed by atoms with Crippen LogP contribution in [0, 0.1) is 12.3 Å². The smallest absolute Gasteiger partial charge is 0.408 e. The van der Waals surface area contributed by atoms with Crippen LogP contribution in [0.2, 0.25) is 0 Å². The van der Waals surface area contributed by atoms with Crippen LogP contribution in [-0.2, 0) is 0 Å². The van der Waals surface area contributed by atoms with Crippen molar-refractivity contribution in [3.05, 3.63) is 18.1 Å². The normalized spacial score (nSPS) is 26.5. The monoisotopic (exact) mass is 343 g/mol. The van der Waals surface area contributed by atoms with E-state index in [-0.39, 0.29) is 11.5 Å². The number of anilines is 1. The Labute approximate surface area is 147 Å². The molecular formula is C18H25N5O2. The molecule has 4 heterocycles. The fraction of sp³-hybridized carbons (Fsp3) is 0.611. The Balaban J connectivity index is 1.82. The second-order valence-corrected chi connectivity index (χ2v) is 8.40. The number of hydrogen-bond acceptors (Lipinski definition) is 4. The average molecular weight is 343 g/mol. The van der Waals surface area contributed by atoms with E-state index < -0.39 is 11.6 Å². The van der Waals surface area contributed by atoms with Crippen molar-refractivity contribution in [1.29, 1.82) is 0 Å². The van der Waals surface area contributed by atoms with E-state index in [4.69, 9.17) is 0 Å². The zero-order chi connectivity index (χ0) is 18.0. The number of nitrogens with zero attached hydrogens (tertiary/aromatic N) is 4. The van der Waals surface area contributed by atoms with Crippen molar-refractivity contribution in [2.75, 3.05) is 18.0 Å². The van der Waals surface area contributed by atoms with E-state index in [0.29, 0.717) is 13.1 Å². The summed E-state index contributed by atoms with van der Waals surface area (Å²) in [6.07, 6.45) is 4.53. The van der Waals surface area contributed by atoms with Crippen LogP contribution in [0.3, 0.4) is 0 Å². The van der Waals surface area contributed by atoms with Gasteiger partial charge in [0.05, 0.1) is 17.0 Å². The van der Waals surface area contributed by atoms with E-state index in [1.165, 1.54) is 0 Å². The fourth-order valence-electron chi connectivity index (χ4n) is 4.78. The van der Waals surface area contributed by atoms with Crippen LogP contribution >= 0.6 is 0 Å². The molecule has 2 fully saturated rings. The summed E-state index contributed by atoms with van der Waals surface area (Å²) in [6, 6.07) is 0.00902. The van der Waals surface area contributed by atoms with Crippen molar-refractivity contribution < 1.29 is 9.90 Å². The molecule has 2 atom stereocenters. The number of carbonyl (C=O) groups is 1. The third-order valence-corrected chi connectivity index (χ3v) is 6.15. The SMILES string of the molecule is Cc1c[nH]c2ncnc(N3CC4CCC(C(C)(C)C)(C3)N4C(=O)O)c12.